The number of amides is 2. The lowest BCUT2D eigenvalue weighted by atomic mass is 9.45. The van der Waals surface area contributed by atoms with Gasteiger partial charge in [0.25, 0.3) is 11.8 Å². The first-order valence-electron chi connectivity index (χ1n) is 20.1. The second kappa shape index (κ2) is 14.3. The first kappa shape index (κ1) is 36.9. The zero-order valence-electron chi connectivity index (χ0n) is 32.3. The molecule has 0 bridgehead atoms. The third kappa shape index (κ3) is 6.21. The second-order valence-electron chi connectivity index (χ2n) is 16.9. The van der Waals surface area contributed by atoms with Gasteiger partial charge in [0, 0.05) is 24.1 Å². The largest absolute Gasteiger partial charge is 0.457 e. The summed E-state index contributed by atoms with van der Waals surface area (Å²) >= 11 is 0. The van der Waals surface area contributed by atoms with Crippen LogP contribution in [0.4, 0.5) is 0 Å². The van der Waals surface area contributed by atoms with Crippen molar-refractivity contribution < 1.29 is 28.6 Å². The first-order chi connectivity index (χ1) is 27.6. The van der Waals surface area contributed by atoms with Crippen LogP contribution in [0.2, 0.25) is 0 Å². The fourth-order valence-electron chi connectivity index (χ4n) is 11.1. The average Bonchev–Trinajstić information content (AvgIpc) is 3.97. The molecule has 3 fully saturated rings. The average molecular weight is 765 g/mol. The van der Waals surface area contributed by atoms with Crippen LogP contribution in [0.5, 0.6) is 0 Å². The van der Waals surface area contributed by atoms with Crippen molar-refractivity contribution in [3.63, 3.8) is 0 Å². The molecule has 9 rings (SSSR count). The summed E-state index contributed by atoms with van der Waals surface area (Å²) in [4.78, 5) is 41.3. The van der Waals surface area contributed by atoms with Crippen LogP contribution in [0.15, 0.2) is 120 Å². The summed E-state index contributed by atoms with van der Waals surface area (Å²) in [6, 6.07) is 30.3. The van der Waals surface area contributed by atoms with Gasteiger partial charge in [0.2, 0.25) is 5.76 Å². The number of hydrogen-bond donors (Lipinski definition) is 3. The molecular weight excluding hydrogens is 717 g/mol. The van der Waals surface area contributed by atoms with Crippen LogP contribution >= 0.6 is 0 Å². The van der Waals surface area contributed by atoms with Gasteiger partial charge >= 0.3 is 5.97 Å². The smallest absolute Gasteiger partial charge is 0.375 e. The lowest BCUT2D eigenvalue weighted by Gasteiger charge is -2.60. The van der Waals surface area contributed by atoms with Crippen LogP contribution in [0.1, 0.15) is 89.2 Å². The number of aliphatic hydroxyl groups excluding tert-OH is 1. The van der Waals surface area contributed by atoms with Gasteiger partial charge in [0.1, 0.15) is 0 Å². The Morgan fingerprint density at radius 1 is 0.912 bits per heavy atom. The summed E-state index contributed by atoms with van der Waals surface area (Å²) in [5, 5.41) is 23.4. The highest BCUT2D eigenvalue weighted by Crippen LogP contribution is 2.68. The number of aliphatic hydroxyl groups is 1. The predicted molar refractivity (Wildman–Crippen MR) is 214 cm³/mol. The summed E-state index contributed by atoms with van der Waals surface area (Å²) in [5.41, 5.74) is 4.07. The van der Waals surface area contributed by atoms with Crippen LogP contribution in [0.3, 0.4) is 0 Å². The third-order valence-corrected chi connectivity index (χ3v) is 13.8. The van der Waals surface area contributed by atoms with Crippen molar-refractivity contribution in [2.24, 2.45) is 28.6 Å². The van der Waals surface area contributed by atoms with Gasteiger partial charge in [-0.15, -0.1) is 0 Å². The number of benzene rings is 3. The molecule has 4 aliphatic carbocycles. The number of nitrogens with one attached hydrogen (secondary N) is 2. The molecule has 10 heteroatoms. The maximum atomic E-state index is 14.5. The number of ether oxygens (including phenoxy) is 1. The number of nitrogens with zero attached hydrogens (tertiary/aromatic N) is 2. The minimum absolute atomic E-state index is 0.0380. The van der Waals surface area contributed by atoms with Gasteiger partial charge in [-0.25, -0.2) is 9.48 Å². The molecule has 2 heterocycles. The van der Waals surface area contributed by atoms with E-state index in [0.717, 1.165) is 40.9 Å². The maximum absolute atomic E-state index is 14.5. The molecule has 4 aliphatic rings. The van der Waals surface area contributed by atoms with Crippen molar-refractivity contribution in [1.29, 1.82) is 0 Å². The Bertz CT molecular complexity index is 2340. The fourth-order valence-corrected chi connectivity index (χ4v) is 11.1. The Morgan fingerprint density at radius 3 is 2.37 bits per heavy atom. The fraction of sp³-hybridized carbons (Fsp3) is 0.362. The number of fused-ring (bicyclic) bond motifs is 6. The van der Waals surface area contributed by atoms with Crippen LogP contribution in [0.25, 0.3) is 11.8 Å². The number of carbonyl (C=O) groups excluding carboxylic acids is 3. The summed E-state index contributed by atoms with van der Waals surface area (Å²) < 4.78 is 13.7. The topological polar surface area (TPSA) is 136 Å². The van der Waals surface area contributed by atoms with E-state index in [9.17, 15) is 19.5 Å². The van der Waals surface area contributed by atoms with Crippen molar-refractivity contribution in [3.05, 3.63) is 149 Å². The van der Waals surface area contributed by atoms with E-state index in [0.29, 0.717) is 44.3 Å². The molecule has 10 nitrogen and oxygen atoms in total. The van der Waals surface area contributed by atoms with E-state index in [2.05, 4.69) is 23.6 Å². The van der Waals surface area contributed by atoms with Crippen molar-refractivity contribution in [1.82, 2.24) is 20.4 Å². The molecule has 0 spiro atoms. The van der Waals surface area contributed by atoms with Crippen molar-refractivity contribution in [2.45, 2.75) is 77.2 Å². The molecular formula is C47H48N4O6. The van der Waals surface area contributed by atoms with Gasteiger partial charge in [0.15, 0.2) is 5.60 Å². The van der Waals surface area contributed by atoms with Crippen molar-refractivity contribution >= 4 is 23.9 Å². The molecule has 2 aromatic heterocycles. The predicted octanol–water partition coefficient (Wildman–Crippen LogP) is 7.46. The molecule has 3 saturated carbocycles. The molecule has 0 radical (unpaired) electrons. The molecule has 0 aliphatic heterocycles. The van der Waals surface area contributed by atoms with E-state index in [1.807, 2.05) is 103 Å². The number of allylic oxidation sites excluding steroid dienone is 1. The number of carbonyl (C=O) groups is 3. The monoisotopic (exact) mass is 764 g/mol. The quantitative estimate of drug-likeness (QED) is 0.133. The van der Waals surface area contributed by atoms with Gasteiger partial charge in [-0.3, -0.25) is 9.59 Å². The van der Waals surface area contributed by atoms with E-state index in [1.165, 1.54) is 11.8 Å². The van der Waals surface area contributed by atoms with Crippen LogP contribution in [0, 0.1) is 28.6 Å². The van der Waals surface area contributed by atoms with E-state index in [4.69, 9.17) is 14.3 Å². The van der Waals surface area contributed by atoms with E-state index in [1.54, 1.807) is 12.1 Å². The Balaban J connectivity index is 0.982. The van der Waals surface area contributed by atoms with Gasteiger partial charge in [-0.2, -0.15) is 5.10 Å². The lowest BCUT2D eigenvalue weighted by Crippen LogP contribution is -2.64. The standard InChI is InChI=1S/C47H48N4O6/c1-45-25-33-29-50-51(35-16-9-15-32(23-35)42(53)48-27-30-11-5-3-6-12-30)38(33)24-34(45)18-19-36-37-20-21-47(46(37,2)26-39(52)41(36)45,57-43(54)40-17-10-22-56-40)44(55)49-28-31-13-7-4-8-14-31/h3-17,22-24,29,36-37,39,41,52H,18-21,25-28H2,1-2H3,(H,48,53)(H,49,55). The van der Waals surface area contributed by atoms with Gasteiger partial charge in [0.05, 0.1) is 29.9 Å². The zero-order valence-corrected chi connectivity index (χ0v) is 32.3. The van der Waals surface area contributed by atoms with E-state index < -0.39 is 23.1 Å². The number of aromatic nitrogens is 2. The number of furan rings is 1. The second-order valence-corrected chi connectivity index (χ2v) is 16.9. The van der Waals surface area contributed by atoms with Crippen molar-refractivity contribution in [2.75, 3.05) is 0 Å². The molecule has 0 saturated heterocycles. The Hall–Kier alpha value is -5.74. The Kier molecular flexibility index (Phi) is 9.27. The van der Waals surface area contributed by atoms with E-state index >= 15 is 0 Å². The lowest BCUT2D eigenvalue weighted by molar-refractivity contribution is -0.182. The minimum atomic E-state index is -1.49. The normalized spacial score (nSPS) is 28.5. The summed E-state index contributed by atoms with van der Waals surface area (Å²) in [6.07, 6.45) is 8.62. The minimum Gasteiger partial charge on any atom is -0.457 e. The number of rotatable bonds is 9. The molecule has 3 N–H and O–H groups in total. The molecule has 7 unspecified atom stereocenters. The molecule has 3 aromatic carbocycles. The van der Waals surface area contributed by atoms with Crippen LogP contribution in [-0.2, 0) is 29.0 Å². The molecule has 292 valence electrons. The van der Waals surface area contributed by atoms with Gasteiger partial charge in [-0.05, 0) is 115 Å². The first-order valence-corrected chi connectivity index (χ1v) is 20.1. The summed E-state index contributed by atoms with van der Waals surface area (Å²) in [6.45, 7) is 5.07. The summed E-state index contributed by atoms with van der Waals surface area (Å²) in [7, 11) is 0. The van der Waals surface area contributed by atoms with Crippen LogP contribution in [-0.4, -0.2) is 44.4 Å². The highest BCUT2D eigenvalue weighted by molar-refractivity contribution is 5.95. The van der Waals surface area contributed by atoms with E-state index in [-0.39, 0.29) is 40.7 Å². The number of esters is 1. The summed E-state index contributed by atoms with van der Waals surface area (Å²) in [5.74, 6) is -1.03. The molecule has 2 amide bonds. The van der Waals surface area contributed by atoms with Crippen LogP contribution < -0.4 is 10.6 Å². The third-order valence-electron chi connectivity index (χ3n) is 13.8. The highest BCUT2D eigenvalue weighted by Gasteiger charge is 2.71. The number of hydrogen-bond acceptors (Lipinski definition) is 7. The highest BCUT2D eigenvalue weighted by atomic mass is 16.6. The zero-order chi connectivity index (χ0) is 39.4. The van der Waals surface area contributed by atoms with Crippen molar-refractivity contribution in [3.8, 4) is 5.69 Å². The Labute approximate surface area is 332 Å². The molecule has 57 heavy (non-hydrogen) atoms. The maximum Gasteiger partial charge on any atom is 0.375 e. The van der Waals surface area contributed by atoms with Gasteiger partial charge < -0.3 is 24.9 Å². The Morgan fingerprint density at radius 2 is 1.65 bits per heavy atom. The SMILES string of the molecule is CC12Cc3cnn(-c4cccc(C(=O)NCc5ccccc5)c4)c3C=C1CCC1C2C(O)CC2(C)C1CCC2(OC(=O)c1ccco1)C(=O)NCc1ccccc1. The molecule has 5 aromatic rings. The van der Waals surface area contributed by atoms with Gasteiger partial charge in [-0.1, -0.05) is 86.2 Å². The molecule has 7 atom stereocenters.